The van der Waals surface area contributed by atoms with Gasteiger partial charge < -0.3 is 10.6 Å². The number of pyridine rings is 1. The second-order valence-electron chi connectivity index (χ2n) is 5.20. The van der Waals surface area contributed by atoms with E-state index < -0.39 is 5.91 Å². The molecule has 1 heterocycles. The van der Waals surface area contributed by atoms with Crippen LogP contribution in [0.3, 0.4) is 0 Å². The highest BCUT2D eigenvalue weighted by molar-refractivity contribution is 6.04. The SMILES string of the molecule is CC(C)NC(=O)c1ccnc(C(=O)Nc2cccc(C#N)c2)c1. The normalized spacial score (nSPS) is 10.0. The summed E-state index contributed by atoms with van der Waals surface area (Å²) in [6.45, 7) is 3.71. The van der Waals surface area contributed by atoms with E-state index in [4.69, 9.17) is 5.26 Å². The maximum atomic E-state index is 12.2. The number of benzene rings is 1. The van der Waals surface area contributed by atoms with Crippen molar-refractivity contribution in [2.45, 2.75) is 19.9 Å². The molecule has 0 spiro atoms. The maximum Gasteiger partial charge on any atom is 0.274 e. The van der Waals surface area contributed by atoms with Crippen LogP contribution in [0, 0.1) is 11.3 Å². The zero-order valence-electron chi connectivity index (χ0n) is 12.8. The van der Waals surface area contributed by atoms with Gasteiger partial charge in [-0.15, -0.1) is 0 Å². The first-order chi connectivity index (χ1) is 11.0. The Balaban J connectivity index is 2.16. The fourth-order valence-electron chi connectivity index (χ4n) is 1.90. The minimum absolute atomic E-state index is 0.00154. The summed E-state index contributed by atoms with van der Waals surface area (Å²) in [4.78, 5) is 28.2. The van der Waals surface area contributed by atoms with Crippen molar-refractivity contribution in [2.24, 2.45) is 0 Å². The number of carbonyl (C=O) groups excluding carboxylic acids is 2. The lowest BCUT2D eigenvalue weighted by Gasteiger charge is -2.09. The predicted molar refractivity (Wildman–Crippen MR) is 85.9 cm³/mol. The van der Waals surface area contributed by atoms with Crippen molar-refractivity contribution in [3.63, 3.8) is 0 Å². The molecule has 116 valence electrons. The summed E-state index contributed by atoms with van der Waals surface area (Å²) >= 11 is 0. The summed E-state index contributed by atoms with van der Waals surface area (Å²) in [6.07, 6.45) is 1.41. The van der Waals surface area contributed by atoms with E-state index in [0.717, 1.165) is 0 Å². The number of nitriles is 1. The zero-order valence-corrected chi connectivity index (χ0v) is 12.8. The first kappa shape index (κ1) is 16.2. The van der Waals surface area contributed by atoms with E-state index in [9.17, 15) is 9.59 Å². The van der Waals surface area contributed by atoms with Crippen LogP contribution in [0.1, 0.15) is 40.3 Å². The zero-order chi connectivity index (χ0) is 16.8. The molecule has 1 aromatic heterocycles. The topological polar surface area (TPSA) is 94.9 Å². The van der Waals surface area contributed by atoms with Gasteiger partial charge in [0, 0.05) is 23.5 Å². The summed E-state index contributed by atoms with van der Waals surface area (Å²) in [5, 5.41) is 14.3. The smallest absolute Gasteiger partial charge is 0.274 e. The maximum absolute atomic E-state index is 12.2. The second kappa shape index (κ2) is 7.18. The summed E-state index contributed by atoms with van der Waals surface area (Å²) in [5.41, 5.74) is 1.43. The molecule has 0 aliphatic rings. The Bertz CT molecular complexity index is 778. The number of carbonyl (C=O) groups is 2. The van der Waals surface area contributed by atoms with Crippen LogP contribution in [0.2, 0.25) is 0 Å². The van der Waals surface area contributed by atoms with Crippen LogP contribution in [-0.2, 0) is 0 Å². The van der Waals surface area contributed by atoms with E-state index in [1.54, 1.807) is 30.3 Å². The molecule has 0 saturated heterocycles. The standard InChI is InChI=1S/C17H16N4O2/c1-11(2)20-16(22)13-6-7-19-15(9-13)17(23)21-14-5-3-4-12(8-14)10-18/h3-9,11H,1-2H3,(H,20,22)(H,21,23). The largest absolute Gasteiger partial charge is 0.350 e. The van der Waals surface area contributed by atoms with Crippen molar-refractivity contribution >= 4 is 17.5 Å². The monoisotopic (exact) mass is 308 g/mol. The molecule has 0 fully saturated rings. The fourth-order valence-corrected chi connectivity index (χ4v) is 1.90. The molecular weight excluding hydrogens is 292 g/mol. The van der Waals surface area contributed by atoms with Crippen LogP contribution in [0.25, 0.3) is 0 Å². The number of amides is 2. The molecule has 0 unspecified atom stereocenters. The lowest BCUT2D eigenvalue weighted by Crippen LogP contribution is -2.30. The van der Waals surface area contributed by atoms with Gasteiger partial charge in [0.2, 0.25) is 0 Å². The third-order valence-corrected chi connectivity index (χ3v) is 2.92. The number of nitrogens with one attached hydrogen (secondary N) is 2. The summed E-state index contributed by atoms with van der Waals surface area (Å²) in [6, 6.07) is 11.5. The molecule has 0 atom stereocenters. The van der Waals surface area contributed by atoms with Crippen molar-refractivity contribution < 1.29 is 9.59 Å². The van der Waals surface area contributed by atoms with Gasteiger partial charge in [-0.05, 0) is 44.2 Å². The van der Waals surface area contributed by atoms with Gasteiger partial charge in [0.05, 0.1) is 11.6 Å². The van der Waals surface area contributed by atoms with E-state index in [0.29, 0.717) is 16.8 Å². The average molecular weight is 308 g/mol. The molecule has 1 aromatic carbocycles. The van der Waals surface area contributed by atoms with E-state index in [1.165, 1.54) is 12.3 Å². The van der Waals surface area contributed by atoms with Crippen molar-refractivity contribution in [3.8, 4) is 6.07 Å². The van der Waals surface area contributed by atoms with E-state index in [2.05, 4.69) is 15.6 Å². The van der Waals surface area contributed by atoms with Crippen molar-refractivity contribution in [1.29, 1.82) is 5.26 Å². The molecule has 2 aromatic rings. The first-order valence-corrected chi connectivity index (χ1v) is 7.08. The van der Waals surface area contributed by atoms with Gasteiger partial charge in [-0.3, -0.25) is 14.6 Å². The quantitative estimate of drug-likeness (QED) is 0.906. The van der Waals surface area contributed by atoms with Gasteiger partial charge in [0.25, 0.3) is 11.8 Å². The molecule has 0 radical (unpaired) electrons. The lowest BCUT2D eigenvalue weighted by molar-refractivity contribution is 0.0943. The number of hydrogen-bond acceptors (Lipinski definition) is 4. The Kier molecular flexibility index (Phi) is 5.05. The van der Waals surface area contributed by atoms with Gasteiger partial charge in [-0.25, -0.2) is 0 Å². The number of aromatic nitrogens is 1. The number of hydrogen-bond donors (Lipinski definition) is 2. The van der Waals surface area contributed by atoms with Crippen LogP contribution < -0.4 is 10.6 Å². The highest BCUT2D eigenvalue weighted by atomic mass is 16.2. The summed E-state index contributed by atoms with van der Waals surface area (Å²) < 4.78 is 0. The Morgan fingerprint density at radius 3 is 2.65 bits per heavy atom. The Morgan fingerprint density at radius 1 is 1.17 bits per heavy atom. The molecule has 2 N–H and O–H groups in total. The van der Waals surface area contributed by atoms with E-state index in [-0.39, 0.29) is 17.6 Å². The second-order valence-corrected chi connectivity index (χ2v) is 5.20. The fraction of sp³-hybridized carbons (Fsp3) is 0.176. The molecule has 6 heteroatoms. The van der Waals surface area contributed by atoms with Gasteiger partial charge in [-0.1, -0.05) is 6.07 Å². The molecule has 0 bridgehead atoms. The summed E-state index contributed by atoms with van der Waals surface area (Å²) in [5.74, 6) is -0.706. The van der Waals surface area contributed by atoms with Gasteiger partial charge in [0.15, 0.2) is 0 Å². The average Bonchev–Trinajstić information content (AvgIpc) is 2.54. The minimum Gasteiger partial charge on any atom is -0.350 e. The predicted octanol–water partition coefficient (Wildman–Crippen LogP) is 2.34. The first-order valence-electron chi connectivity index (χ1n) is 7.08. The number of anilines is 1. The van der Waals surface area contributed by atoms with E-state index in [1.807, 2.05) is 19.9 Å². The van der Waals surface area contributed by atoms with Crippen LogP contribution in [0.15, 0.2) is 42.6 Å². The van der Waals surface area contributed by atoms with Crippen molar-refractivity contribution in [2.75, 3.05) is 5.32 Å². The van der Waals surface area contributed by atoms with Gasteiger partial charge in [0.1, 0.15) is 5.69 Å². The number of nitrogens with zero attached hydrogens (tertiary/aromatic N) is 2. The third kappa shape index (κ3) is 4.38. The molecular formula is C17H16N4O2. The minimum atomic E-state index is -0.445. The molecule has 0 aliphatic carbocycles. The Morgan fingerprint density at radius 2 is 1.96 bits per heavy atom. The highest BCUT2D eigenvalue weighted by Gasteiger charge is 2.13. The molecule has 0 aliphatic heterocycles. The number of rotatable bonds is 4. The van der Waals surface area contributed by atoms with Crippen molar-refractivity contribution in [3.05, 3.63) is 59.4 Å². The molecule has 23 heavy (non-hydrogen) atoms. The van der Waals surface area contributed by atoms with Gasteiger partial charge in [-0.2, -0.15) is 5.26 Å². The highest BCUT2D eigenvalue weighted by Crippen LogP contribution is 2.11. The van der Waals surface area contributed by atoms with Crippen LogP contribution >= 0.6 is 0 Å². The van der Waals surface area contributed by atoms with Crippen molar-refractivity contribution in [1.82, 2.24) is 10.3 Å². The van der Waals surface area contributed by atoms with Crippen LogP contribution in [-0.4, -0.2) is 22.8 Å². The molecule has 0 saturated carbocycles. The molecule has 2 amide bonds. The molecule has 6 nitrogen and oxygen atoms in total. The van der Waals surface area contributed by atoms with Crippen LogP contribution in [0.4, 0.5) is 5.69 Å². The Labute approximate surface area is 134 Å². The van der Waals surface area contributed by atoms with Gasteiger partial charge >= 0.3 is 0 Å². The van der Waals surface area contributed by atoms with Crippen LogP contribution in [0.5, 0.6) is 0 Å². The summed E-state index contributed by atoms with van der Waals surface area (Å²) in [7, 11) is 0. The third-order valence-electron chi connectivity index (χ3n) is 2.92. The van der Waals surface area contributed by atoms with E-state index >= 15 is 0 Å². The Hall–Kier alpha value is -3.20. The molecule has 2 rings (SSSR count). The lowest BCUT2D eigenvalue weighted by atomic mass is 10.2.